The van der Waals surface area contributed by atoms with E-state index in [2.05, 4.69) is 23.3 Å². The van der Waals surface area contributed by atoms with Crippen LogP contribution < -0.4 is 5.56 Å². The SMILES string of the molecule is O=c1c2nc(Cl)n3c2ncn1COCCOP(=O)(O)OP(=O)(O)OC[C@H]1O[C@@H]3[C@H](O)[C@@H]1O. The molecule has 16 nitrogen and oxygen atoms in total. The molecule has 6 bridgehead atoms. The van der Waals surface area contributed by atoms with Gasteiger partial charge >= 0.3 is 15.6 Å². The number of aromatic nitrogens is 4. The number of ether oxygens (including phenoxy) is 2. The third-order valence-corrected chi connectivity index (χ3v) is 7.44. The molecule has 2 aromatic heterocycles. The third kappa shape index (κ3) is 4.68. The van der Waals surface area contributed by atoms with Crippen LogP contribution in [0.15, 0.2) is 11.1 Å². The summed E-state index contributed by atoms with van der Waals surface area (Å²) in [5, 5.41) is 20.4. The molecule has 5 heterocycles. The zero-order valence-corrected chi connectivity index (χ0v) is 18.4. The smallest absolute Gasteiger partial charge is 0.387 e. The first kappa shape index (κ1) is 23.9. The molecule has 0 aromatic carbocycles. The largest absolute Gasteiger partial charge is 0.481 e. The lowest BCUT2D eigenvalue weighted by Gasteiger charge is -2.19. The first-order chi connectivity index (χ1) is 15.0. The maximum Gasteiger partial charge on any atom is 0.481 e. The number of rotatable bonds is 0. The van der Waals surface area contributed by atoms with Gasteiger partial charge in [0, 0.05) is 0 Å². The summed E-state index contributed by atoms with van der Waals surface area (Å²) < 4.78 is 49.8. The van der Waals surface area contributed by atoms with Crippen molar-refractivity contribution >= 4 is 38.4 Å². The number of halogens is 1. The molecule has 0 spiro atoms. The highest BCUT2D eigenvalue weighted by Gasteiger charge is 2.47. The molecule has 6 atom stereocenters. The number of fused-ring (bicyclic) bond motifs is 10. The van der Waals surface area contributed by atoms with Gasteiger partial charge in [-0.25, -0.2) is 19.1 Å². The van der Waals surface area contributed by atoms with Crippen LogP contribution in [-0.2, 0) is 38.7 Å². The van der Waals surface area contributed by atoms with E-state index in [1.807, 2.05) is 0 Å². The van der Waals surface area contributed by atoms with E-state index in [1.54, 1.807) is 0 Å². The monoisotopic (exact) mass is 518 g/mol. The minimum atomic E-state index is -5.14. The van der Waals surface area contributed by atoms with Crippen molar-refractivity contribution in [3.63, 3.8) is 0 Å². The fraction of sp³-hybridized carbons (Fsp3) is 0.615. The van der Waals surface area contributed by atoms with Gasteiger partial charge in [0.25, 0.3) is 5.56 Å². The summed E-state index contributed by atoms with van der Waals surface area (Å²) in [7, 11) is -10.2. The molecule has 0 saturated carbocycles. The van der Waals surface area contributed by atoms with E-state index < -0.39 is 59.0 Å². The standard InChI is InChI=1S/C13H17ClN4O12P2/c14-13-16-7-10-15-4-17(11(7)21)5-26-1-2-27-31(22,23)30-32(24,25)28-3-6-8(19)9(20)12(29-6)18(10)13/h4,6,8-9,12,19-20H,1-3,5H2,(H,22,23)(H,24,25)/t6-,8-,9-,12-/m1/s1. The van der Waals surface area contributed by atoms with E-state index in [-0.39, 0.29) is 29.8 Å². The van der Waals surface area contributed by atoms with Crippen LogP contribution in [0.5, 0.6) is 0 Å². The fourth-order valence-corrected chi connectivity index (χ4v) is 5.42. The van der Waals surface area contributed by atoms with Gasteiger partial charge in [0.15, 0.2) is 17.4 Å². The summed E-state index contributed by atoms with van der Waals surface area (Å²) in [4.78, 5) is 40.0. The number of aliphatic hydroxyl groups excluding tert-OH is 2. The predicted octanol–water partition coefficient (Wildman–Crippen LogP) is -0.896. The van der Waals surface area contributed by atoms with Crippen molar-refractivity contribution in [3.05, 3.63) is 22.0 Å². The average Bonchev–Trinajstić information content (AvgIpc) is 3.17. The minimum Gasteiger partial charge on any atom is -0.387 e. The molecular formula is C13H17ClN4O12P2. The van der Waals surface area contributed by atoms with E-state index >= 15 is 0 Å². The molecule has 5 rings (SSSR count). The van der Waals surface area contributed by atoms with Gasteiger partial charge in [0.2, 0.25) is 5.28 Å². The van der Waals surface area contributed by atoms with E-state index in [0.717, 1.165) is 15.5 Å². The molecule has 1 saturated heterocycles. The molecule has 3 aliphatic heterocycles. The minimum absolute atomic E-state index is 0.0594. The van der Waals surface area contributed by atoms with E-state index in [9.17, 15) is 33.9 Å². The number of phosphoric ester groups is 2. The fourth-order valence-electron chi connectivity index (χ4n) is 3.09. The molecule has 32 heavy (non-hydrogen) atoms. The first-order valence-corrected chi connectivity index (χ1v) is 12.2. The Kier molecular flexibility index (Phi) is 6.59. The Morgan fingerprint density at radius 1 is 1.12 bits per heavy atom. The molecule has 3 aliphatic rings. The summed E-state index contributed by atoms with van der Waals surface area (Å²) in [5.41, 5.74) is -0.893. The van der Waals surface area contributed by atoms with Crippen LogP contribution >= 0.6 is 27.2 Å². The van der Waals surface area contributed by atoms with Crippen molar-refractivity contribution in [1.29, 1.82) is 0 Å². The molecule has 0 radical (unpaired) electrons. The third-order valence-electron chi connectivity index (χ3n) is 4.54. The number of hydrogen-bond donors (Lipinski definition) is 4. The molecule has 4 N–H and O–H groups in total. The maximum absolute atomic E-state index is 12.7. The first-order valence-electron chi connectivity index (χ1n) is 8.87. The molecule has 0 amide bonds. The second kappa shape index (κ2) is 8.83. The number of imidazole rings is 1. The van der Waals surface area contributed by atoms with Gasteiger partial charge in [0.1, 0.15) is 31.4 Å². The second-order valence-electron chi connectivity index (χ2n) is 6.67. The van der Waals surface area contributed by atoms with Crippen LogP contribution in [0, 0.1) is 0 Å². The summed E-state index contributed by atoms with van der Waals surface area (Å²) in [6.45, 7) is -2.04. The molecule has 0 aliphatic carbocycles. The molecule has 2 unspecified atom stereocenters. The van der Waals surface area contributed by atoms with Crippen molar-refractivity contribution in [2.45, 2.75) is 31.3 Å². The number of hydrogen-bond acceptors (Lipinski definition) is 12. The van der Waals surface area contributed by atoms with Crippen LogP contribution in [-0.4, -0.2) is 77.2 Å². The summed E-state index contributed by atoms with van der Waals surface area (Å²) in [6, 6.07) is 0. The van der Waals surface area contributed by atoms with Gasteiger partial charge in [-0.1, -0.05) is 0 Å². The number of nitrogens with zero attached hydrogens (tertiary/aromatic N) is 4. The maximum atomic E-state index is 12.7. The zero-order valence-electron chi connectivity index (χ0n) is 15.8. The van der Waals surface area contributed by atoms with Gasteiger partial charge < -0.3 is 29.5 Å². The van der Waals surface area contributed by atoms with Gasteiger partial charge in [-0.15, -0.1) is 0 Å². The van der Waals surface area contributed by atoms with Crippen LogP contribution in [0.25, 0.3) is 11.2 Å². The normalized spacial score (nSPS) is 37.0. The Bertz CT molecular complexity index is 1170. The Balaban J connectivity index is 1.72. The van der Waals surface area contributed by atoms with Gasteiger partial charge in [0.05, 0.1) is 19.8 Å². The quantitative estimate of drug-likeness (QED) is 0.246. The molecule has 178 valence electrons. The summed E-state index contributed by atoms with van der Waals surface area (Å²) >= 11 is 6.12. The molecule has 1 fully saturated rings. The Morgan fingerprint density at radius 2 is 1.84 bits per heavy atom. The summed E-state index contributed by atoms with van der Waals surface area (Å²) in [6.07, 6.45) is -4.98. The van der Waals surface area contributed by atoms with Crippen LogP contribution in [0.4, 0.5) is 0 Å². The highest BCUT2D eigenvalue weighted by atomic mass is 35.5. The lowest BCUT2D eigenvalue weighted by atomic mass is 10.1. The highest BCUT2D eigenvalue weighted by Crippen LogP contribution is 2.60. The van der Waals surface area contributed by atoms with Crippen molar-refractivity contribution in [3.8, 4) is 0 Å². The average molecular weight is 519 g/mol. The Labute approximate surface area is 183 Å². The highest BCUT2D eigenvalue weighted by molar-refractivity contribution is 7.61. The number of aliphatic hydroxyl groups is 2. The molecule has 2 aromatic rings. The van der Waals surface area contributed by atoms with Gasteiger partial charge in [-0.3, -0.25) is 23.0 Å². The number of phosphoric acid groups is 2. The molecular weight excluding hydrogens is 502 g/mol. The summed E-state index contributed by atoms with van der Waals surface area (Å²) in [5.74, 6) is 0. The van der Waals surface area contributed by atoms with Crippen LogP contribution in [0.1, 0.15) is 6.23 Å². The second-order valence-corrected chi connectivity index (χ2v) is 10.1. The van der Waals surface area contributed by atoms with E-state index in [4.69, 9.17) is 21.1 Å². The van der Waals surface area contributed by atoms with Crippen molar-refractivity contribution in [2.24, 2.45) is 0 Å². The van der Waals surface area contributed by atoms with Gasteiger partial charge in [-0.05, 0) is 11.6 Å². The lowest BCUT2D eigenvalue weighted by Crippen LogP contribution is -2.33. The van der Waals surface area contributed by atoms with Gasteiger partial charge in [-0.2, -0.15) is 4.31 Å². The Morgan fingerprint density at radius 3 is 2.59 bits per heavy atom. The lowest BCUT2D eigenvalue weighted by molar-refractivity contribution is -0.0504. The van der Waals surface area contributed by atoms with E-state index in [0.29, 0.717) is 0 Å². The van der Waals surface area contributed by atoms with E-state index in [1.165, 1.54) is 0 Å². The van der Waals surface area contributed by atoms with Crippen LogP contribution in [0.3, 0.4) is 0 Å². The zero-order chi connectivity index (χ0) is 23.3. The van der Waals surface area contributed by atoms with Crippen molar-refractivity contribution in [1.82, 2.24) is 19.1 Å². The van der Waals surface area contributed by atoms with Crippen molar-refractivity contribution < 1.29 is 52.0 Å². The Hall–Kier alpha value is -1.26. The predicted molar refractivity (Wildman–Crippen MR) is 101 cm³/mol. The van der Waals surface area contributed by atoms with Crippen LogP contribution in [0.2, 0.25) is 5.28 Å². The molecule has 19 heteroatoms. The van der Waals surface area contributed by atoms with Crippen molar-refractivity contribution in [2.75, 3.05) is 19.8 Å². The topological polar surface area (TPSA) is 214 Å².